The molecule has 0 spiro atoms. The average Bonchev–Trinajstić information content (AvgIpc) is 2.84. The minimum Gasteiger partial charge on any atom is -0.481 e. The Morgan fingerprint density at radius 2 is 2.10 bits per heavy atom. The van der Waals surface area contributed by atoms with Crippen molar-refractivity contribution in [1.82, 2.24) is 5.32 Å². The standard InChI is InChI=1S/C11H20NO7P/c13-10(14)4-3-8(11(15)16)7-20(17,18)19-6-9-2-1-5-12-9/h8-9,12H,1-7H2,(H,13,14)(H,15,16)(H,17,18). The van der Waals surface area contributed by atoms with Crippen molar-refractivity contribution in [2.24, 2.45) is 5.92 Å². The summed E-state index contributed by atoms with van der Waals surface area (Å²) in [6.07, 6.45) is 0.700. The summed E-state index contributed by atoms with van der Waals surface area (Å²) in [6.45, 7) is 0.888. The van der Waals surface area contributed by atoms with E-state index in [1.165, 1.54) is 0 Å². The molecule has 3 unspecified atom stereocenters. The summed E-state index contributed by atoms with van der Waals surface area (Å²) in [7, 11) is -4.03. The van der Waals surface area contributed by atoms with Crippen molar-refractivity contribution in [2.75, 3.05) is 19.3 Å². The number of aliphatic carboxylic acids is 2. The lowest BCUT2D eigenvalue weighted by Crippen LogP contribution is -2.27. The third-order valence-electron chi connectivity index (χ3n) is 3.15. The third-order valence-corrected chi connectivity index (χ3v) is 4.60. The van der Waals surface area contributed by atoms with Crippen LogP contribution in [0.3, 0.4) is 0 Å². The van der Waals surface area contributed by atoms with Crippen LogP contribution < -0.4 is 5.32 Å². The second-order valence-electron chi connectivity index (χ2n) is 4.88. The number of carboxylic acid groups (broad SMARTS) is 2. The first-order chi connectivity index (χ1) is 9.30. The Morgan fingerprint density at radius 3 is 2.60 bits per heavy atom. The van der Waals surface area contributed by atoms with Crippen LogP contribution in [0.5, 0.6) is 0 Å². The number of nitrogens with one attached hydrogen (secondary N) is 1. The van der Waals surface area contributed by atoms with Gasteiger partial charge in [-0.2, -0.15) is 0 Å². The summed E-state index contributed by atoms with van der Waals surface area (Å²) in [5.41, 5.74) is 0. The Balaban J connectivity index is 2.44. The van der Waals surface area contributed by atoms with Crippen molar-refractivity contribution < 1.29 is 33.8 Å². The van der Waals surface area contributed by atoms with E-state index in [1.807, 2.05) is 0 Å². The van der Waals surface area contributed by atoms with Gasteiger partial charge in [-0.25, -0.2) is 0 Å². The zero-order valence-corrected chi connectivity index (χ0v) is 11.9. The topological polar surface area (TPSA) is 133 Å². The van der Waals surface area contributed by atoms with E-state index in [-0.39, 0.29) is 25.5 Å². The van der Waals surface area contributed by atoms with Gasteiger partial charge in [-0.15, -0.1) is 0 Å². The fourth-order valence-corrected chi connectivity index (χ4v) is 3.44. The molecule has 0 aromatic heterocycles. The minimum atomic E-state index is -4.03. The molecule has 0 bridgehead atoms. The zero-order valence-electron chi connectivity index (χ0n) is 11.0. The lowest BCUT2D eigenvalue weighted by atomic mass is 10.1. The van der Waals surface area contributed by atoms with E-state index in [1.54, 1.807) is 0 Å². The normalized spacial score (nSPS) is 23.1. The number of hydrogen-bond acceptors (Lipinski definition) is 5. The highest BCUT2D eigenvalue weighted by Crippen LogP contribution is 2.44. The first-order valence-corrected chi connectivity index (χ1v) is 8.21. The van der Waals surface area contributed by atoms with E-state index in [4.69, 9.17) is 14.7 Å². The second-order valence-corrected chi connectivity index (χ2v) is 6.77. The summed E-state index contributed by atoms with van der Waals surface area (Å²) in [5, 5.41) is 20.6. The third kappa shape index (κ3) is 6.47. The Labute approximate surface area is 116 Å². The van der Waals surface area contributed by atoms with Gasteiger partial charge in [0.1, 0.15) is 0 Å². The summed E-state index contributed by atoms with van der Waals surface area (Å²) in [4.78, 5) is 31.0. The molecule has 0 amide bonds. The summed E-state index contributed by atoms with van der Waals surface area (Å²) in [5.74, 6) is -3.62. The summed E-state index contributed by atoms with van der Waals surface area (Å²) < 4.78 is 16.8. The van der Waals surface area contributed by atoms with E-state index >= 15 is 0 Å². The minimum absolute atomic E-state index is 0.0118. The highest BCUT2D eigenvalue weighted by atomic mass is 31.2. The monoisotopic (exact) mass is 309 g/mol. The van der Waals surface area contributed by atoms with Crippen LogP contribution >= 0.6 is 7.60 Å². The molecule has 1 rings (SSSR count). The van der Waals surface area contributed by atoms with Crippen LogP contribution in [-0.4, -0.2) is 52.4 Å². The molecule has 116 valence electrons. The number of carbonyl (C=O) groups is 2. The van der Waals surface area contributed by atoms with E-state index in [2.05, 4.69) is 5.32 Å². The maximum absolute atomic E-state index is 11.8. The molecule has 20 heavy (non-hydrogen) atoms. The van der Waals surface area contributed by atoms with Crippen LogP contribution in [0.15, 0.2) is 0 Å². The highest BCUT2D eigenvalue weighted by Gasteiger charge is 2.31. The fraction of sp³-hybridized carbons (Fsp3) is 0.818. The van der Waals surface area contributed by atoms with Gasteiger partial charge in [-0.05, 0) is 25.8 Å². The predicted molar refractivity (Wildman–Crippen MR) is 69.7 cm³/mol. The quantitative estimate of drug-likeness (QED) is 0.453. The van der Waals surface area contributed by atoms with Crippen LogP contribution in [0.4, 0.5) is 0 Å². The lowest BCUT2D eigenvalue weighted by Gasteiger charge is -2.18. The highest BCUT2D eigenvalue weighted by molar-refractivity contribution is 7.52. The van der Waals surface area contributed by atoms with Gasteiger partial charge in [-0.3, -0.25) is 14.2 Å². The molecule has 1 aliphatic heterocycles. The van der Waals surface area contributed by atoms with Crippen LogP contribution in [0.25, 0.3) is 0 Å². The van der Waals surface area contributed by atoms with Gasteiger partial charge in [0.2, 0.25) is 0 Å². The van der Waals surface area contributed by atoms with Gasteiger partial charge in [0.05, 0.1) is 18.7 Å². The second kappa shape index (κ2) is 7.73. The van der Waals surface area contributed by atoms with Crippen LogP contribution in [0.2, 0.25) is 0 Å². The summed E-state index contributed by atoms with van der Waals surface area (Å²) in [6, 6.07) is 0.0118. The molecule has 0 saturated carbocycles. The van der Waals surface area contributed by atoms with Gasteiger partial charge >= 0.3 is 19.5 Å². The Morgan fingerprint density at radius 1 is 1.40 bits per heavy atom. The Kier molecular flexibility index (Phi) is 6.61. The van der Waals surface area contributed by atoms with Crippen molar-refractivity contribution in [3.8, 4) is 0 Å². The fourth-order valence-electron chi connectivity index (χ4n) is 2.03. The van der Waals surface area contributed by atoms with Gasteiger partial charge < -0.3 is 24.9 Å². The molecule has 3 atom stereocenters. The number of hydrogen-bond donors (Lipinski definition) is 4. The van der Waals surface area contributed by atoms with Gasteiger partial charge in [-0.1, -0.05) is 0 Å². The smallest absolute Gasteiger partial charge is 0.329 e. The largest absolute Gasteiger partial charge is 0.481 e. The Hall–Kier alpha value is -0.950. The molecule has 1 saturated heterocycles. The molecule has 0 radical (unpaired) electrons. The molecule has 8 nitrogen and oxygen atoms in total. The van der Waals surface area contributed by atoms with Gasteiger partial charge in [0, 0.05) is 12.5 Å². The lowest BCUT2D eigenvalue weighted by molar-refractivity contribution is -0.142. The van der Waals surface area contributed by atoms with E-state index in [0.717, 1.165) is 19.4 Å². The first kappa shape index (κ1) is 17.1. The van der Waals surface area contributed by atoms with Crippen molar-refractivity contribution in [3.05, 3.63) is 0 Å². The molecular weight excluding hydrogens is 289 g/mol. The summed E-state index contributed by atoms with van der Waals surface area (Å²) >= 11 is 0. The maximum Gasteiger partial charge on any atom is 0.329 e. The predicted octanol–water partition coefficient (Wildman–Crippen LogP) is 0.506. The molecule has 1 aliphatic rings. The van der Waals surface area contributed by atoms with E-state index < -0.39 is 31.6 Å². The van der Waals surface area contributed by atoms with Crippen LogP contribution in [0, 0.1) is 5.92 Å². The molecule has 0 aliphatic carbocycles. The van der Waals surface area contributed by atoms with Crippen LogP contribution in [0.1, 0.15) is 25.7 Å². The molecular formula is C11H20NO7P. The zero-order chi connectivity index (χ0) is 15.2. The van der Waals surface area contributed by atoms with E-state index in [9.17, 15) is 19.0 Å². The molecule has 1 heterocycles. The van der Waals surface area contributed by atoms with E-state index in [0.29, 0.717) is 0 Å². The molecule has 9 heteroatoms. The van der Waals surface area contributed by atoms with Gasteiger partial charge in [0.15, 0.2) is 0 Å². The molecule has 4 N–H and O–H groups in total. The van der Waals surface area contributed by atoms with Gasteiger partial charge in [0.25, 0.3) is 0 Å². The first-order valence-electron chi connectivity index (χ1n) is 6.44. The Bertz CT molecular complexity index is 394. The van der Waals surface area contributed by atoms with Crippen LogP contribution in [-0.2, 0) is 18.7 Å². The van der Waals surface area contributed by atoms with Crippen molar-refractivity contribution >= 4 is 19.5 Å². The molecule has 0 aromatic carbocycles. The van der Waals surface area contributed by atoms with Crippen molar-refractivity contribution in [3.63, 3.8) is 0 Å². The van der Waals surface area contributed by atoms with Crippen molar-refractivity contribution in [1.29, 1.82) is 0 Å². The van der Waals surface area contributed by atoms with Crippen molar-refractivity contribution in [2.45, 2.75) is 31.7 Å². The maximum atomic E-state index is 11.8. The molecule has 1 fully saturated rings. The molecule has 0 aromatic rings. The SMILES string of the molecule is O=C(O)CCC(CP(=O)(O)OCC1CCCN1)C(=O)O. The number of carboxylic acids is 2. The average molecular weight is 309 g/mol. The number of rotatable bonds is 9.